The lowest BCUT2D eigenvalue weighted by Crippen LogP contribution is -2.11. The maximum Gasteiger partial charge on any atom is 0.226 e. The van der Waals surface area contributed by atoms with E-state index in [1.807, 2.05) is 12.1 Å². The Morgan fingerprint density at radius 1 is 1.45 bits per heavy atom. The summed E-state index contributed by atoms with van der Waals surface area (Å²) in [6.45, 7) is 0.186. The van der Waals surface area contributed by atoms with E-state index < -0.39 is 0 Å². The number of aliphatic hydroxyl groups is 1. The van der Waals surface area contributed by atoms with E-state index in [9.17, 15) is 4.79 Å². The molecule has 20 heavy (non-hydrogen) atoms. The number of nitrogens with two attached hydrogens (primary N) is 1. The Balaban J connectivity index is 1.83. The summed E-state index contributed by atoms with van der Waals surface area (Å²) in [6, 6.07) is 5.50. The van der Waals surface area contributed by atoms with Crippen LogP contribution in [0.3, 0.4) is 0 Å². The van der Waals surface area contributed by atoms with Crippen molar-refractivity contribution in [3.05, 3.63) is 18.2 Å². The first-order chi connectivity index (χ1) is 9.69. The predicted octanol–water partition coefficient (Wildman–Crippen LogP) is 2.32. The van der Waals surface area contributed by atoms with E-state index in [0.717, 1.165) is 28.1 Å². The number of amides is 1. The van der Waals surface area contributed by atoms with E-state index >= 15 is 0 Å². The standard InChI is InChI=1S/C13H17N3O2S2/c14-9-3-4-10-11(8-9)20-13(15-10)16-12(18)2-1-6-19-7-5-17/h3-4,8,17H,1-2,5-7,14H2,(H,15,16,18). The van der Waals surface area contributed by atoms with Gasteiger partial charge in [0, 0.05) is 17.9 Å². The van der Waals surface area contributed by atoms with Crippen LogP contribution in [-0.2, 0) is 4.79 Å². The number of carbonyl (C=O) groups excluding carboxylic acids is 1. The first-order valence-corrected chi connectivity index (χ1v) is 8.30. The first kappa shape index (κ1) is 15.1. The molecule has 0 aliphatic heterocycles. The molecule has 5 nitrogen and oxygen atoms in total. The number of benzene rings is 1. The fraction of sp³-hybridized carbons (Fsp3) is 0.385. The number of nitrogens with one attached hydrogen (secondary N) is 1. The molecule has 7 heteroatoms. The number of hydrogen-bond acceptors (Lipinski definition) is 6. The van der Waals surface area contributed by atoms with Gasteiger partial charge in [-0.05, 0) is 30.4 Å². The van der Waals surface area contributed by atoms with E-state index in [0.29, 0.717) is 17.2 Å². The summed E-state index contributed by atoms with van der Waals surface area (Å²) < 4.78 is 0.971. The van der Waals surface area contributed by atoms with Crippen LogP contribution in [-0.4, -0.2) is 34.1 Å². The number of carbonyl (C=O) groups is 1. The summed E-state index contributed by atoms with van der Waals surface area (Å²) in [5, 5.41) is 12.1. The number of nitrogens with zero attached hydrogens (tertiary/aromatic N) is 1. The second-order valence-electron chi connectivity index (χ2n) is 4.23. The summed E-state index contributed by atoms with van der Waals surface area (Å²) in [5.74, 6) is 1.58. The second kappa shape index (κ2) is 7.47. The monoisotopic (exact) mass is 311 g/mol. The van der Waals surface area contributed by atoms with Crippen LogP contribution >= 0.6 is 23.1 Å². The van der Waals surface area contributed by atoms with Gasteiger partial charge in [-0.1, -0.05) is 11.3 Å². The largest absolute Gasteiger partial charge is 0.399 e. The van der Waals surface area contributed by atoms with E-state index in [4.69, 9.17) is 10.8 Å². The third kappa shape index (κ3) is 4.36. The number of thioether (sulfide) groups is 1. The summed E-state index contributed by atoms with van der Waals surface area (Å²) in [6.07, 6.45) is 1.27. The Bertz CT molecular complexity index is 586. The molecular formula is C13H17N3O2S2. The van der Waals surface area contributed by atoms with Crippen molar-refractivity contribution in [2.45, 2.75) is 12.8 Å². The fourth-order valence-corrected chi connectivity index (χ4v) is 3.29. The molecule has 0 aliphatic rings. The van der Waals surface area contributed by atoms with Gasteiger partial charge in [0.15, 0.2) is 5.13 Å². The molecule has 0 aliphatic carbocycles. The molecule has 0 atom stereocenters. The van der Waals surface area contributed by atoms with Crippen molar-refractivity contribution in [3.63, 3.8) is 0 Å². The van der Waals surface area contributed by atoms with Crippen molar-refractivity contribution in [2.75, 3.05) is 29.2 Å². The van der Waals surface area contributed by atoms with Crippen LogP contribution in [0.5, 0.6) is 0 Å². The highest BCUT2D eigenvalue weighted by Crippen LogP contribution is 2.27. The minimum absolute atomic E-state index is 0.0263. The van der Waals surface area contributed by atoms with E-state index in [1.54, 1.807) is 17.8 Å². The van der Waals surface area contributed by atoms with Gasteiger partial charge in [0.25, 0.3) is 0 Å². The molecular weight excluding hydrogens is 294 g/mol. The van der Waals surface area contributed by atoms with Crippen LogP contribution in [0.25, 0.3) is 10.2 Å². The number of nitrogen functional groups attached to an aromatic ring is 1. The van der Waals surface area contributed by atoms with Gasteiger partial charge in [-0.15, -0.1) is 0 Å². The third-order valence-electron chi connectivity index (χ3n) is 2.59. The Labute approximate surface area is 125 Å². The molecule has 1 aromatic carbocycles. The Morgan fingerprint density at radius 3 is 3.10 bits per heavy atom. The molecule has 0 saturated heterocycles. The van der Waals surface area contributed by atoms with Gasteiger partial charge in [0.2, 0.25) is 5.91 Å². The van der Waals surface area contributed by atoms with Crippen LogP contribution in [0.4, 0.5) is 10.8 Å². The number of rotatable bonds is 7. The normalized spacial score (nSPS) is 10.8. The van der Waals surface area contributed by atoms with Crippen LogP contribution in [0, 0.1) is 0 Å². The number of aromatic nitrogens is 1. The number of hydrogen-bond donors (Lipinski definition) is 3. The highest BCUT2D eigenvalue weighted by Gasteiger charge is 2.07. The molecule has 0 bridgehead atoms. The maximum absolute atomic E-state index is 11.8. The average Bonchev–Trinajstić information content (AvgIpc) is 2.79. The zero-order valence-electron chi connectivity index (χ0n) is 11.0. The molecule has 4 N–H and O–H groups in total. The van der Waals surface area contributed by atoms with Crippen molar-refractivity contribution < 1.29 is 9.90 Å². The second-order valence-corrected chi connectivity index (χ2v) is 6.49. The molecule has 0 radical (unpaired) electrons. The fourth-order valence-electron chi connectivity index (χ4n) is 1.68. The molecule has 1 amide bonds. The average molecular weight is 311 g/mol. The molecule has 2 rings (SSSR count). The number of fused-ring (bicyclic) bond motifs is 1. The summed E-state index contributed by atoms with van der Waals surface area (Å²) in [7, 11) is 0. The van der Waals surface area contributed by atoms with Gasteiger partial charge in [-0.2, -0.15) is 11.8 Å². The molecule has 0 unspecified atom stereocenters. The van der Waals surface area contributed by atoms with Crippen molar-refractivity contribution in [3.8, 4) is 0 Å². The third-order valence-corrected chi connectivity index (χ3v) is 4.57. The van der Waals surface area contributed by atoms with E-state index in [1.165, 1.54) is 11.3 Å². The smallest absolute Gasteiger partial charge is 0.226 e. The van der Waals surface area contributed by atoms with Crippen LogP contribution in [0.1, 0.15) is 12.8 Å². The topological polar surface area (TPSA) is 88.2 Å². The van der Waals surface area contributed by atoms with Gasteiger partial charge in [0.05, 0.1) is 16.8 Å². The molecule has 0 saturated carbocycles. The van der Waals surface area contributed by atoms with Gasteiger partial charge in [-0.3, -0.25) is 4.79 Å². The minimum Gasteiger partial charge on any atom is -0.399 e. The molecule has 1 heterocycles. The quantitative estimate of drug-likeness (QED) is 0.539. The zero-order chi connectivity index (χ0) is 14.4. The SMILES string of the molecule is Nc1ccc2nc(NC(=O)CCCSCCO)sc2c1. The van der Waals surface area contributed by atoms with Gasteiger partial charge >= 0.3 is 0 Å². The predicted molar refractivity (Wildman–Crippen MR) is 86.3 cm³/mol. The minimum atomic E-state index is -0.0263. The lowest BCUT2D eigenvalue weighted by molar-refractivity contribution is -0.116. The van der Waals surface area contributed by atoms with E-state index in [-0.39, 0.29) is 12.5 Å². The molecule has 0 fully saturated rings. The highest BCUT2D eigenvalue weighted by molar-refractivity contribution is 7.99. The number of aliphatic hydroxyl groups excluding tert-OH is 1. The van der Waals surface area contributed by atoms with Gasteiger partial charge < -0.3 is 16.2 Å². The first-order valence-electron chi connectivity index (χ1n) is 6.33. The van der Waals surface area contributed by atoms with Crippen molar-refractivity contribution in [1.82, 2.24) is 4.98 Å². The summed E-state index contributed by atoms with van der Waals surface area (Å²) >= 11 is 3.08. The highest BCUT2D eigenvalue weighted by atomic mass is 32.2. The van der Waals surface area contributed by atoms with Gasteiger partial charge in [0.1, 0.15) is 0 Å². The Morgan fingerprint density at radius 2 is 2.30 bits per heavy atom. The Kier molecular flexibility index (Phi) is 5.63. The lowest BCUT2D eigenvalue weighted by Gasteiger charge is -2.01. The molecule has 1 aromatic heterocycles. The number of anilines is 2. The summed E-state index contributed by atoms with van der Waals surface area (Å²) in [4.78, 5) is 16.1. The van der Waals surface area contributed by atoms with Crippen molar-refractivity contribution in [1.29, 1.82) is 0 Å². The van der Waals surface area contributed by atoms with Gasteiger partial charge in [-0.25, -0.2) is 4.98 Å². The van der Waals surface area contributed by atoms with Crippen LogP contribution < -0.4 is 11.1 Å². The molecule has 0 spiro atoms. The molecule has 2 aromatic rings. The maximum atomic E-state index is 11.8. The molecule has 108 valence electrons. The summed E-state index contributed by atoms with van der Waals surface area (Å²) in [5.41, 5.74) is 7.25. The van der Waals surface area contributed by atoms with Crippen LogP contribution in [0.2, 0.25) is 0 Å². The lowest BCUT2D eigenvalue weighted by atomic mass is 10.3. The van der Waals surface area contributed by atoms with Crippen LogP contribution in [0.15, 0.2) is 18.2 Å². The Hall–Kier alpha value is -1.31. The van der Waals surface area contributed by atoms with Crippen molar-refractivity contribution in [2.24, 2.45) is 0 Å². The number of thiazole rings is 1. The van der Waals surface area contributed by atoms with E-state index in [2.05, 4.69) is 10.3 Å². The van der Waals surface area contributed by atoms with Crippen molar-refractivity contribution >= 4 is 50.0 Å². The zero-order valence-corrected chi connectivity index (χ0v) is 12.6.